The zero-order chi connectivity index (χ0) is 32.3. The Labute approximate surface area is 269 Å². The Kier molecular flexibility index (Phi) is 7.79. The zero-order valence-electron chi connectivity index (χ0n) is 26.2. The number of rotatable bonds is 4. The van der Waals surface area contributed by atoms with Crippen molar-refractivity contribution < 1.29 is 23.0 Å². The van der Waals surface area contributed by atoms with Gasteiger partial charge >= 0.3 is 6.09 Å². The summed E-state index contributed by atoms with van der Waals surface area (Å²) < 4.78 is 44.5. The van der Waals surface area contributed by atoms with Crippen LogP contribution >= 0.6 is 11.3 Å². The molecule has 1 atom stereocenters. The third-order valence-corrected chi connectivity index (χ3v) is 10.0. The molecule has 13 heteroatoms. The smallest absolute Gasteiger partial charge is 0.412 e. The number of aromatic nitrogens is 2. The number of nitrogens with one attached hydrogen (secondary N) is 1. The van der Waals surface area contributed by atoms with Crippen molar-refractivity contribution in [2.24, 2.45) is 0 Å². The van der Waals surface area contributed by atoms with Gasteiger partial charge in [-0.25, -0.2) is 23.5 Å². The summed E-state index contributed by atoms with van der Waals surface area (Å²) in [6.07, 6.45) is 1.87. The van der Waals surface area contributed by atoms with E-state index < -0.39 is 23.3 Å². The molecule has 46 heavy (non-hydrogen) atoms. The SMILES string of the molecule is CN1CCN([C@@H]2CCN(c3ncc4c5c(c(-c6c(F)ccc7sc(NC(=O)OC(C)(C)C)c(C#N)c67)c(F)c4n3)COC5)C2)CC1. The molecule has 7 rings (SSSR count). The number of amides is 1. The van der Waals surface area contributed by atoms with Gasteiger partial charge < -0.3 is 19.3 Å². The molecule has 0 aliphatic carbocycles. The molecule has 1 amide bonds. The van der Waals surface area contributed by atoms with Gasteiger partial charge in [-0.15, -0.1) is 11.3 Å². The van der Waals surface area contributed by atoms with Crippen LogP contribution in [0.25, 0.3) is 32.1 Å². The number of likely N-dealkylation sites (N-methyl/N-ethyl adjacent to an activating group) is 1. The molecule has 5 heterocycles. The fourth-order valence-corrected chi connectivity index (χ4v) is 7.77. The number of anilines is 2. The molecule has 4 aromatic rings. The predicted molar refractivity (Wildman–Crippen MR) is 173 cm³/mol. The molecule has 0 unspecified atom stereocenters. The Balaban J connectivity index is 1.32. The quantitative estimate of drug-likeness (QED) is 0.291. The lowest BCUT2D eigenvalue weighted by Gasteiger charge is -2.36. The number of nitrogens with zero attached hydrogens (tertiary/aromatic N) is 6. The van der Waals surface area contributed by atoms with Gasteiger partial charge in [-0.1, -0.05) is 0 Å². The van der Waals surface area contributed by atoms with Crippen LogP contribution in [0.3, 0.4) is 0 Å². The molecule has 2 aromatic heterocycles. The normalized spacial score (nSPS) is 19.2. The molecular weight excluding hydrogens is 612 g/mol. The molecule has 240 valence electrons. The number of piperazine rings is 1. The average Bonchev–Trinajstić information content (AvgIpc) is 3.76. The maximum Gasteiger partial charge on any atom is 0.412 e. The maximum absolute atomic E-state index is 16.9. The molecule has 0 bridgehead atoms. The standard InChI is InChI=1S/C33H35F2N7O3S/c1-33(2,3)45-32(43)39-30-19(13-36)25-24(46-30)6-5-23(34)27(25)26-22-17-44-16-21(22)20-14-37-31(38-29(20)28(26)35)42-8-7-18(15-42)41-11-9-40(4)10-12-41/h5-6,14,18H,7-12,15-17H2,1-4H3,(H,39,43)/t18-/m1/s1. The van der Waals surface area contributed by atoms with Gasteiger partial charge in [0.15, 0.2) is 5.82 Å². The lowest BCUT2D eigenvalue weighted by Crippen LogP contribution is -2.49. The van der Waals surface area contributed by atoms with E-state index in [0.29, 0.717) is 33.2 Å². The fourth-order valence-electron chi connectivity index (χ4n) is 6.73. The molecular formula is C33H35F2N7O3S. The van der Waals surface area contributed by atoms with Crippen molar-refractivity contribution in [1.82, 2.24) is 19.8 Å². The van der Waals surface area contributed by atoms with E-state index >= 15 is 8.78 Å². The summed E-state index contributed by atoms with van der Waals surface area (Å²) >= 11 is 1.10. The van der Waals surface area contributed by atoms with Crippen LogP contribution in [-0.4, -0.2) is 83.8 Å². The highest BCUT2D eigenvalue weighted by Gasteiger charge is 2.33. The van der Waals surface area contributed by atoms with Crippen LogP contribution in [-0.2, 0) is 22.7 Å². The number of carbonyl (C=O) groups is 1. The number of ether oxygens (including phenoxy) is 2. The Morgan fingerprint density at radius 3 is 2.63 bits per heavy atom. The first-order valence-corrected chi connectivity index (χ1v) is 16.2. The van der Waals surface area contributed by atoms with Crippen molar-refractivity contribution in [3.8, 4) is 17.2 Å². The molecule has 2 saturated heterocycles. The summed E-state index contributed by atoms with van der Waals surface area (Å²) in [5.41, 5.74) is 0.517. The van der Waals surface area contributed by atoms with E-state index in [1.807, 2.05) is 0 Å². The summed E-state index contributed by atoms with van der Waals surface area (Å²) in [6, 6.07) is 5.27. The van der Waals surface area contributed by atoms with Gasteiger partial charge in [0.25, 0.3) is 0 Å². The molecule has 10 nitrogen and oxygen atoms in total. The van der Waals surface area contributed by atoms with Gasteiger partial charge in [0.05, 0.1) is 18.8 Å². The third kappa shape index (κ3) is 5.43. The number of fused-ring (bicyclic) bond motifs is 4. The fraction of sp³-hybridized carbons (Fsp3) is 0.455. The average molecular weight is 648 g/mol. The highest BCUT2D eigenvalue weighted by Crippen LogP contribution is 2.47. The van der Waals surface area contributed by atoms with Crippen molar-refractivity contribution in [2.45, 2.75) is 52.0 Å². The number of nitriles is 1. The topological polar surface area (TPSA) is 107 Å². The largest absolute Gasteiger partial charge is 0.444 e. The Morgan fingerprint density at radius 1 is 1.13 bits per heavy atom. The van der Waals surface area contributed by atoms with Crippen LogP contribution in [0.1, 0.15) is 43.9 Å². The van der Waals surface area contributed by atoms with Crippen LogP contribution in [0.15, 0.2) is 18.3 Å². The van der Waals surface area contributed by atoms with Crippen molar-refractivity contribution >= 4 is 49.4 Å². The second-order valence-electron chi connectivity index (χ2n) is 13.1. The summed E-state index contributed by atoms with van der Waals surface area (Å²) in [5.74, 6) is -0.953. The van der Waals surface area contributed by atoms with Crippen LogP contribution in [0.4, 0.5) is 24.5 Å². The van der Waals surface area contributed by atoms with Gasteiger partial charge in [0.2, 0.25) is 5.95 Å². The van der Waals surface area contributed by atoms with Crippen LogP contribution in [0.2, 0.25) is 0 Å². The van der Waals surface area contributed by atoms with E-state index in [4.69, 9.17) is 14.5 Å². The first kappa shape index (κ1) is 30.7. The number of hydrogen-bond donors (Lipinski definition) is 1. The zero-order valence-corrected chi connectivity index (χ0v) is 27.1. The van der Waals surface area contributed by atoms with Gasteiger partial charge in [-0.2, -0.15) is 5.26 Å². The first-order chi connectivity index (χ1) is 22.0. The van der Waals surface area contributed by atoms with E-state index in [9.17, 15) is 10.1 Å². The lowest BCUT2D eigenvalue weighted by molar-refractivity contribution is 0.0636. The van der Waals surface area contributed by atoms with Gasteiger partial charge in [0.1, 0.15) is 28.0 Å². The molecule has 0 saturated carbocycles. The Bertz CT molecular complexity index is 1910. The minimum absolute atomic E-state index is 0.0163. The molecule has 1 N–H and O–H groups in total. The number of carbonyl (C=O) groups excluding carboxylic acids is 1. The highest BCUT2D eigenvalue weighted by atomic mass is 32.1. The molecule has 0 spiro atoms. The summed E-state index contributed by atoms with van der Waals surface area (Å²) in [5, 5.41) is 13.8. The molecule has 2 fully saturated rings. The summed E-state index contributed by atoms with van der Waals surface area (Å²) in [6.45, 7) is 11.1. The first-order valence-electron chi connectivity index (χ1n) is 15.4. The summed E-state index contributed by atoms with van der Waals surface area (Å²) in [7, 11) is 2.14. The summed E-state index contributed by atoms with van der Waals surface area (Å²) in [4.78, 5) is 28.9. The van der Waals surface area contributed by atoms with Crippen LogP contribution in [0, 0.1) is 23.0 Å². The minimum atomic E-state index is -0.763. The predicted octanol–water partition coefficient (Wildman–Crippen LogP) is 5.86. The number of hydrogen-bond acceptors (Lipinski definition) is 10. The second kappa shape index (κ2) is 11.7. The highest BCUT2D eigenvalue weighted by molar-refractivity contribution is 7.23. The monoisotopic (exact) mass is 647 g/mol. The Morgan fingerprint density at radius 2 is 1.89 bits per heavy atom. The lowest BCUT2D eigenvalue weighted by atomic mass is 9.90. The van der Waals surface area contributed by atoms with E-state index in [1.54, 1.807) is 27.0 Å². The molecule has 2 aromatic carbocycles. The van der Waals surface area contributed by atoms with Crippen molar-refractivity contribution in [1.29, 1.82) is 5.26 Å². The van der Waals surface area contributed by atoms with Crippen LogP contribution < -0.4 is 10.2 Å². The van der Waals surface area contributed by atoms with E-state index in [2.05, 4.69) is 38.1 Å². The molecule has 3 aliphatic heterocycles. The third-order valence-electron chi connectivity index (χ3n) is 8.97. The van der Waals surface area contributed by atoms with E-state index in [-0.39, 0.29) is 45.8 Å². The van der Waals surface area contributed by atoms with Gasteiger partial charge in [0, 0.05) is 78.1 Å². The minimum Gasteiger partial charge on any atom is -0.444 e. The molecule has 0 radical (unpaired) electrons. The number of benzene rings is 2. The van der Waals surface area contributed by atoms with Gasteiger partial charge in [-0.3, -0.25) is 10.2 Å². The van der Waals surface area contributed by atoms with E-state index in [0.717, 1.165) is 57.0 Å². The van der Waals surface area contributed by atoms with Crippen molar-refractivity contribution in [3.63, 3.8) is 0 Å². The van der Waals surface area contributed by atoms with Crippen LogP contribution in [0.5, 0.6) is 0 Å². The number of halogens is 2. The van der Waals surface area contributed by atoms with Crippen molar-refractivity contribution in [2.75, 3.05) is 56.5 Å². The molecule has 3 aliphatic rings. The number of thiophene rings is 1. The second-order valence-corrected chi connectivity index (χ2v) is 14.2. The van der Waals surface area contributed by atoms with Crippen molar-refractivity contribution in [3.05, 3.63) is 46.7 Å². The Hall–Kier alpha value is -3.96. The maximum atomic E-state index is 16.9. The van der Waals surface area contributed by atoms with Gasteiger partial charge in [-0.05, 0) is 57.5 Å². The van der Waals surface area contributed by atoms with E-state index in [1.165, 1.54) is 12.1 Å².